The van der Waals surface area contributed by atoms with Crippen LogP contribution in [0.15, 0.2) is 60.7 Å². The summed E-state index contributed by atoms with van der Waals surface area (Å²) in [6.45, 7) is 21.2. The molecule has 2 N–H and O–H groups in total. The van der Waals surface area contributed by atoms with Crippen LogP contribution in [0.1, 0.15) is 259 Å². The van der Waals surface area contributed by atoms with Gasteiger partial charge in [-0.3, -0.25) is 19.2 Å². The van der Waals surface area contributed by atoms with E-state index in [1.165, 1.54) is 51.4 Å². The predicted molar refractivity (Wildman–Crippen MR) is 298 cm³/mol. The summed E-state index contributed by atoms with van der Waals surface area (Å²) in [6, 6.07) is 19.0. The van der Waals surface area contributed by atoms with E-state index in [0.717, 1.165) is 108 Å². The summed E-state index contributed by atoms with van der Waals surface area (Å²) >= 11 is 0. The fraction of sp³-hybridized carbons (Fsp3) is 0.750. The normalized spacial score (nSPS) is 15.4. The van der Waals surface area contributed by atoms with Gasteiger partial charge in [-0.2, -0.15) is 0 Å². The molecule has 410 valence electrons. The van der Waals surface area contributed by atoms with Gasteiger partial charge >= 0.3 is 23.9 Å². The summed E-state index contributed by atoms with van der Waals surface area (Å²) in [5, 5.41) is 22.9. The van der Waals surface area contributed by atoms with Gasteiger partial charge in [-0.15, -0.1) is 0 Å². The smallest absolute Gasteiger partial charge is 0.310 e. The molecule has 72 heavy (non-hydrogen) atoms. The molecule has 0 bridgehead atoms. The van der Waals surface area contributed by atoms with Crippen molar-refractivity contribution in [3.8, 4) is 0 Å². The first-order valence-corrected chi connectivity index (χ1v) is 29.3. The van der Waals surface area contributed by atoms with Gasteiger partial charge in [0.25, 0.3) is 0 Å². The molecule has 2 aromatic rings. The molecule has 0 radical (unpaired) electrons. The maximum atomic E-state index is 15.4. The highest BCUT2D eigenvalue weighted by atomic mass is 16.5. The minimum Gasteiger partial charge on any atom is -0.481 e. The molecule has 0 fully saturated rings. The van der Waals surface area contributed by atoms with E-state index in [-0.39, 0.29) is 37.9 Å². The van der Waals surface area contributed by atoms with Gasteiger partial charge in [0, 0.05) is 5.92 Å². The number of hydrogen-bond donors (Lipinski definition) is 2. The van der Waals surface area contributed by atoms with Crippen molar-refractivity contribution in [2.24, 2.45) is 46.3 Å². The van der Waals surface area contributed by atoms with Crippen LogP contribution in [0.4, 0.5) is 0 Å². The quantitative estimate of drug-likeness (QED) is 0.0498. The van der Waals surface area contributed by atoms with Crippen LogP contribution in [-0.4, -0.2) is 47.3 Å². The molecule has 0 spiro atoms. The number of carboxylic acids is 2. The molecule has 2 rings (SSSR count). The number of unbranched alkanes of at least 4 members (excludes halogenated alkanes) is 16. The van der Waals surface area contributed by atoms with Crippen LogP contribution in [0.5, 0.6) is 0 Å². The molecule has 0 aromatic heterocycles. The second-order valence-corrected chi connectivity index (χ2v) is 24.0. The molecular formula is C64H106O8. The summed E-state index contributed by atoms with van der Waals surface area (Å²) < 4.78 is 12.9. The SMILES string of the molecule is CCCCCCCCC(CCCCCC)COC(=O)C(CC(c1ccccc1)C(C(=O)OCC(CCCCCC)CCCCCCCC)C(CC(C)(C)C)C(=O)O)C(C(=O)O)C(c1ccccc1)C(C)(C)C. The van der Waals surface area contributed by atoms with Crippen molar-refractivity contribution in [2.45, 2.75) is 248 Å². The molecule has 0 amide bonds. The standard InChI is InChI=1S/C64H106O8/c1-11-15-19-23-25-31-39-49(37-29-21-17-13-3)47-71-61(69)54(57(60(67)68)58(64(8,9)10)52-43-35-28-36-44-52)45-53(51-41-33-27-34-42-51)56(55(59(65)66)46-63(5,6)7)62(70)72-48-50(38-30-22-18-14-4)40-32-26-24-20-16-12-2/h27-28,33-36,41-44,49-50,53-58H,11-26,29-32,37-40,45-48H2,1-10H3,(H,65,66)(H,67,68). The van der Waals surface area contributed by atoms with Crippen molar-refractivity contribution in [2.75, 3.05) is 13.2 Å². The van der Waals surface area contributed by atoms with Gasteiger partial charge < -0.3 is 19.7 Å². The molecule has 0 aliphatic rings. The molecule has 8 nitrogen and oxygen atoms in total. The number of rotatable bonds is 41. The van der Waals surface area contributed by atoms with Gasteiger partial charge in [0.15, 0.2) is 0 Å². The minimum absolute atomic E-state index is 0.107. The number of aliphatic carboxylic acids is 2. The third-order valence-corrected chi connectivity index (χ3v) is 15.3. The van der Waals surface area contributed by atoms with E-state index in [1.54, 1.807) is 0 Å². The first-order valence-electron chi connectivity index (χ1n) is 29.3. The van der Waals surface area contributed by atoms with Gasteiger partial charge in [-0.25, -0.2) is 0 Å². The van der Waals surface area contributed by atoms with E-state index in [0.29, 0.717) is 5.56 Å². The zero-order valence-electron chi connectivity index (χ0n) is 47.5. The largest absolute Gasteiger partial charge is 0.481 e. The number of benzene rings is 2. The zero-order valence-corrected chi connectivity index (χ0v) is 47.5. The maximum absolute atomic E-state index is 15.4. The highest BCUT2D eigenvalue weighted by molar-refractivity contribution is 5.84. The third-order valence-electron chi connectivity index (χ3n) is 15.3. The second kappa shape index (κ2) is 36.3. The molecule has 2 aromatic carbocycles. The van der Waals surface area contributed by atoms with Crippen molar-refractivity contribution in [1.29, 1.82) is 0 Å². The van der Waals surface area contributed by atoms with Gasteiger partial charge in [0.05, 0.1) is 36.9 Å². The highest BCUT2D eigenvalue weighted by Gasteiger charge is 2.50. The van der Waals surface area contributed by atoms with Gasteiger partial charge in [-0.05, 0) is 78.2 Å². The van der Waals surface area contributed by atoms with Crippen LogP contribution in [0.3, 0.4) is 0 Å². The number of ether oxygens (including phenoxy) is 2. The molecular weight excluding hydrogens is 897 g/mol. The van der Waals surface area contributed by atoms with Crippen LogP contribution in [0.25, 0.3) is 0 Å². The van der Waals surface area contributed by atoms with Crippen molar-refractivity contribution in [1.82, 2.24) is 0 Å². The molecule has 8 unspecified atom stereocenters. The fourth-order valence-electron chi connectivity index (χ4n) is 11.3. The van der Waals surface area contributed by atoms with E-state index in [9.17, 15) is 19.8 Å². The fourth-order valence-corrected chi connectivity index (χ4v) is 11.3. The molecule has 0 saturated heterocycles. The van der Waals surface area contributed by atoms with Crippen molar-refractivity contribution in [3.63, 3.8) is 0 Å². The molecule has 0 aliphatic heterocycles. The zero-order chi connectivity index (χ0) is 53.4. The molecule has 8 atom stereocenters. The third kappa shape index (κ3) is 25.5. The Hall–Kier alpha value is -3.68. The maximum Gasteiger partial charge on any atom is 0.310 e. The average Bonchev–Trinajstić information content (AvgIpc) is 3.33. The average molecular weight is 1000 g/mol. The Kier molecular flexibility index (Phi) is 32.5. The lowest BCUT2D eigenvalue weighted by molar-refractivity contribution is -0.165. The number of carbonyl (C=O) groups excluding carboxylic acids is 2. The summed E-state index contributed by atoms with van der Waals surface area (Å²) in [5.41, 5.74) is 0.359. The van der Waals surface area contributed by atoms with Crippen LogP contribution in [0, 0.1) is 46.3 Å². The molecule has 0 aliphatic carbocycles. The van der Waals surface area contributed by atoms with Gasteiger partial charge in [0.2, 0.25) is 0 Å². The van der Waals surface area contributed by atoms with Crippen molar-refractivity contribution in [3.05, 3.63) is 71.8 Å². The highest BCUT2D eigenvalue weighted by Crippen LogP contribution is 2.49. The molecule has 0 saturated carbocycles. The number of carboxylic acid groups (broad SMARTS) is 2. The van der Waals surface area contributed by atoms with E-state index < -0.39 is 70.2 Å². The molecule has 0 heterocycles. The number of esters is 2. The Morgan fingerprint density at radius 3 is 1.21 bits per heavy atom. The van der Waals surface area contributed by atoms with E-state index in [2.05, 4.69) is 27.7 Å². The van der Waals surface area contributed by atoms with E-state index in [4.69, 9.17) is 9.47 Å². The number of hydrogen-bond acceptors (Lipinski definition) is 6. The minimum atomic E-state index is -1.26. The van der Waals surface area contributed by atoms with Crippen molar-refractivity contribution >= 4 is 23.9 Å². The van der Waals surface area contributed by atoms with Crippen LogP contribution >= 0.6 is 0 Å². The second-order valence-electron chi connectivity index (χ2n) is 24.0. The van der Waals surface area contributed by atoms with Crippen LogP contribution in [0.2, 0.25) is 0 Å². The first-order chi connectivity index (χ1) is 34.4. The summed E-state index contributed by atoms with van der Waals surface area (Å²) in [6.07, 6.45) is 26.6. The summed E-state index contributed by atoms with van der Waals surface area (Å²) in [5.74, 6) is -9.56. The summed E-state index contributed by atoms with van der Waals surface area (Å²) in [7, 11) is 0. The lowest BCUT2D eigenvalue weighted by Crippen LogP contribution is -2.44. The molecule has 8 heteroatoms. The van der Waals surface area contributed by atoms with Crippen LogP contribution in [-0.2, 0) is 28.7 Å². The predicted octanol–water partition coefficient (Wildman–Crippen LogP) is 17.8. The van der Waals surface area contributed by atoms with E-state index in [1.807, 2.05) is 102 Å². The topological polar surface area (TPSA) is 127 Å². The van der Waals surface area contributed by atoms with Crippen LogP contribution < -0.4 is 0 Å². The van der Waals surface area contributed by atoms with Gasteiger partial charge in [-0.1, -0.05) is 258 Å². The Morgan fingerprint density at radius 2 is 0.833 bits per heavy atom. The Bertz CT molecular complexity index is 1730. The monoisotopic (exact) mass is 1000 g/mol. The van der Waals surface area contributed by atoms with E-state index >= 15 is 9.59 Å². The first kappa shape index (κ1) is 64.4. The lowest BCUT2D eigenvalue weighted by atomic mass is 9.62. The Labute approximate surface area is 440 Å². The van der Waals surface area contributed by atoms with Crippen molar-refractivity contribution < 1.29 is 38.9 Å². The Balaban J connectivity index is 2.85. The summed E-state index contributed by atoms with van der Waals surface area (Å²) in [4.78, 5) is 58.7. The van der Waals surface area contributed by atoms with Gasteiger partial charge in [0.1, 0.15) is 0 Å². The number of carbonyl (C=O) groups is 4. The lowest BCUT2D eigenvalue weighted by Gasteiger charge is -2.41. The Morgan fingerprint density at radius 1 is 0.458 bits per heavy atom.